The molecule has 0 aliphatic rings. The van der Waals surface area contributed by atoms with Crippen LogP contribution in [-0.4, -0.2) is 11.0 Å². The molecular weight excluding hydrogens is 259 g/mol. The summed E-state index contributed by atoms with van der Waals surface area (Å²) in [5, 5.41) is 12.3. The zero-order chi connectivity index (χ0) is 14.7. The van der Waals surface area contributed by atoms with E-state index in [4.69, 9.17) is 5.73 Å². The molecule has 1 atom stereocenters. The number of aromatic hydroxyl groups is 1. The van der Waals surface area contributed by atoms with Crippen LogP contribution in [0.4, 0.5) is 10.1 Å². The summed E-state index contributed by atoms with van der Waals surface area (Å²) < 4.78 is 12.9. The Bertz CT molecular complexity index is 626. The Morgan fingerprint density at radius 2 is 1.90 bits per heavy atom. The maximum absolute atomic E-state index is 12.9. The van der Waals surface area contributed by atoms with Gasteiger partial charge in [0.2, 0.25) is 0 Å². The quantitative estimate of drug-likeness (QED) is 0.753. The van der Waals surface area contributed by atoms with E-state index in [1.165, 1.54) is 6.07 Å². The molecule has 0 aliphatic carbocycles. The lowest BCUT2D eigenvalue weighted by Gasteiger charge is -2.15. The van der Waals surface area contributed by atoms with Gasteiger partial charge in [-0.15, -0.1) is 0 Å². The number of carbonyl (C=O) groups is 1. The van der Waals surface area contributed by atoms with Gasteiger partial charge in [-0.3, -0.25) is 4.79 Å². The highest BCUT2D eigenvalue weighted by Crippen LogP contribution is 2.20. The Morgan fingerprint density at radius 1 is 1.25 bits per heavy atom. The van der Waals surface area contributed by atoms with Crippen molar-refractivity contribution in [3.63, 3.8) is 0 Å². The van der Waals surface area contributed by atoms with Crippen LogP contribution in [0.25, 0.3) is 0 Å². The van der Waals surface area contributed by atoms with Crippen molar-refractivity contribution in [2.45, 2.75) is 13.0 Å². The fourth-order valence-electron chi connectivity index (χ4n) is 1.84. The minimum atomic E-state index is -0.592. The average molecular weight is 274 g/mol. The summed E-state index contributed by atoms with van der Waals surface area (Å²) in [7, 11) is 0. The zero-order valence-electron chi connectivity index (χ0n) is 10.9. The largest absolute Gasteiger partial charge is 0.507 e. The molecular formula is C15H15FN2O2. The van der Waals surface area contributed by atoms with Crippen molar-refractivity contribution in [1.29, 1.82) is 0 Å². The molecule has 0 spiro atoms. The fourth-order valence-corrected chi connectivity index (χ4v) is 1.84. The molecule has 0 radical (unpaired) electrons. The Kier molecular flexibility index (Phi) is 3.89. The predicted molar refractivity (Wildman–Crippen MR) is 74.8 cm³/mol. The van der Waals surface area contributed by atoms with E-state index >= 15 is 0 Å². The van der Waals surface area contributed by atoms with E-state index in [9.17, 15) is 14.3 Å². The number of carbonyl (C=O) groups excluding carboxylic acids is 1. The van der Waals surface area contributed by atoms with E-state index in [2.05, 4.69) is 5.32 Å². The van der Waals surface area contributed by atoms with Gasteiger partial charge in [0.1, 0.15) is 11.6 Å². The highest BCUT2D eigenvalue weighted by atomic mass is 19.1. The number of phenols is 1. The fraction of sp³-hybridized carbons (Fsp3) is 0.133. The number of hydrogen-bond donors (Lipinski definition) is 3. The molecule has 0 bridgehead atoms. The number of nitrogens with two attached hydrogens (primary N) is 1. The summed E-state index contributed by atoms with van der Waals surface area (Å²) in [4.78, 5) is 12.0. The van der Waals surface area contributed by atoms with Gasteiger partial charge in [-0.2, -0.15) is 0 Å². The van der Waals surface area contributed by atoms with E-state index in [0.717, 1.165) is 17.7 Å². The van der Waals surface area contributed by atoms with Crippen LogP contribution in [0.5, 0.6) is 5.75 Å². The van der Waals surface area contributed by atoms with Gasteiger partial charge in [0.15, 0.2) is 0 Å². The third-order valence-electron chi connectivity index (χ3n) is 2.99. The number of phenolic OH excluding ortho intramolecular Hbond substituents is 1. The first-order valence-electron chi connectivity index (χ1n) is 6.12. The van der Waals surface area contributed by atoms with Crippen molar-refractivity contribution >= 4 is 11.6 Å². The first-order valence-corrected chi connectivity index (χ1v) is 6.12. The summed E-state index contributed by atoms with van der Waals surface area (Å²) in [6, 6.07) is 10.1. The average Bonchev–Trinajstić information content (AvgIpc) is 2.39. The molecule has 2 aromatic rings. The normalized spacial score (nSPS) is 11.9. The first kappa shape index (κ1) is 13.9. The van der Waals surface area contributed by atoms with E-state index in [0.29, 0.717) is 5.69 Å². The second-order valence-electron chi connectivity index (χ2n) is 4.52. The number of anilines is 1. The van der Waals surface area contributed by atoms with Crippen molar-refractivity contribution in [3.05, 3.63) is 59.4 Å². The number of halogens is 1. The molecule has 2 rings (SSSR count). The third kappa shape index (κ3) is 3.06. The van der Waals surface area contributed by atoms with E-state index < -0.39 is 11.7 Å². The SMILES string of the molecule is CC(NC(=O)c1ccc(F)cc1O)c1ccc(N)cc1. The molecule has 20 heavy (non-hydrogen) atoms. The molecule has 0 fully saturated rings. The molecule has 0 saturated carbocycles. The van der Waals surface area contributed by atoms with Crippen LogP contribution < -0.4 is 11.1 Å². The van der Waals surface area contributed by atoms with Gasteiger partial charge in [0.25, 0.3) is 5.91 Å². The number of nitrogen functional groups attached to an aromatic ring is 1. The van der Waals surface area contributed by atoms with Crippen LogP contribution in [0, 0.1) is 5.82 Å². The molecule has 5 heteroatoms. The first-order chi connectivity index (χ1) is 9.47. The summed E-state index contributed by atoms with van der Waals surface area (Å²) in [5.41, 5.74) is 7.16. The van der Waals surface area contributed by atoms with Gasteiger partial charge in [-0.05, 0) is 36.8 Å². The number of benzene rings is 2. The third-order valence-corrected chi connectivity index (χ3v) is 2.99. The Hall–Kier alpha value is -2.56. The van der Waals surface area contributed by atoms with Gasteiger partial charge in [-0.25, -0.2) is 4.39 Å². The number of amides is 1. The summed E-state index contributed by atoms with van der Waals surface area (Å²) in [6.45, 7) is 1.81. The van der Waals surface area contributed by atoms with Crippen molar-refractivity contribution in [2.75, 3.05) is 5.73 Å². The van der Waals surface area contributed by atoms with Crippen molar-refractivity contribution in [1.82, 2.24) is 5.32 Å². The molecule has 104 valence electrons. The number of nitrogens with one attached hydrogen (secondary N) is 1. The minimum Gasteiger partial charge on any atom is -0.507 e. The Balaban J connectivity index is 2.13. The molecule has 0 aromatic heterocycles. The minimum absolute atomic E-state index is 0.0358. The topological polar surface area (TPSA) is 75.3 Å². The lowest BCUT2D eigenvalue weighted by Crippen LogP contribution is -2.26. The Labute approximate surface area is 116 Å². The molecule has 4 N–H and O–H groups in total. The van der Waals surface area contributed by atoms with Crippen LogP contribution in [0.3, 0.4) is 0 Å². The van der Waals surface area contributed by atoms with Crippen molar-refractivity contribution in [3.8, 4) is 5.75 Å². The van der Waals surface area contributed by atoms with Gasteiger partial charge >= 0.3 is 0 Å². The van der Waals surface area contributed by atoms with E-state index in [1.807, 2.05) is 19.1 Å². The highest BCUT2D eigenvalue weighted by molar-refractivity contribution is 5.97. The second kappa shape index (κ2) is 5.61. The standard InChI is InChI=1S/C15H15FN2O2/c1-9(10-2-5-12(17)6-3-10)18-15(20)13-7-4-11(16)8-14(13)19/h2-9,19H,17H2,1H3,(H,18,20). The van der Waals surface area contributed by atoms with Gasteiger partial charge in [0, 0.05) is 11.8 Å². The predicted octanol–water partition coefficient (Wildman–Crippen LogP) is 2.60. The number of rotatable bonds is 3. The highest BCUT2D eigenvalue weighted by Gasteiger charge is 2.15. The van der Waals surface area contributed by atoms with Crippen molar-refractivity contribution in [2.24, 2.45) is 0 Å². The Morgan fingerprint density at radius 3 is 2.50 bits per heavy atom. The molecule has 1 amide bonds. The molecule has 1 unspecified atom stereocenters. The second-order valence-corrected chi connectivity index (χ2v) is 4.52. The summed E-state index contributed by atoms with van der Waals surface area (Å²) >= 11 is 0. The van der Waals surface area contributed by atoms with Gasteiger partial charge < -0.3 is 16.2 Å². The lowest BCUT2D eigenvalue weighted by atomic mass is 10.1. The van der Waals surface area contributed by atoms with Crippen LogP contribution in [-0.2, 0) is 0 Å². The van der Waals surface area contributed by atoms with Gasteiger partial charge in [0.05, 0.1) is 11.6 Å². The number of hydrogen-bond acceptors (Lipinski definition) is 3. The van der Waals surface area contributed by atoms with E-state index in [-0.39, 0.29) is 17.4 Å². The maximum Gasteiger partial charge on any atom is 0.255 e. The monoisotopic (exact) mass is 274 g/mol. The van der Waals surface area contributed by atoms with Gasteiger partial charge in [-0.1, -0.05) is 12.1 Å². The van der Waals surface area contributed by atoms with Crippen molar-refractivity contribution < 1.29 is 14.3 Å². The molecule has 2 aromatic carbocycles. The van der Waals surface area contributed by atoms with E-state index in [1.54, 1.807) is 12.1 Å². The lowest BCUT2D eigenvalue weighted by molar-refractivity contribution is 0.0937. The van der Waals surface area contributed by atoms with Crippen LogP contribution in [0.2, 0.25) is 0 Å². The molecule has 0 saturated heterocycles. The summed E-state index contributed by atoms with van der Waals surface area (Å²) in [6.07, 6.45) is 0. The maximum atomic E-state index is 12.9. The molecule has 4 nitrogen and oxygen atoms in total. The molecule has 0 heterocycles. The zero-order valence-corrected chi connectivity index (χ0v) is 10.9. The summed E-state index contributed by atoms with van der Waals surface area (Å²) in [5.74, 6) is -1.44. The van der Waals surface area contributed by atoms with Crippen LogP contribution in [0.1, 0.15) is 28.9 Å². The smallest absolute Gasteiger partial charge is 0.255 e. The van der Waals surface area contributed by atoms with Crippen LogP contribution >= 0.6 is 0 Å². The van der Waals surface area contributed by atoms with Crippen LogP contribution in [0.15, 0.2) is 42.5 Å². The molecule has 0 aliphatic heterocycles.